The number of nitrogens with two attached hydrogens (primary N) is 2. The molecule has 5 atom stereocenters. The first-order valence-electron chi connectivity index (χ1n) is 11.5. The van der Waals surface area contributed by atoms with E-state index < -0.39 is 53.8 Å². The number of phenols is 1. The minimum atomic E-state index is -1.41. The van der Waals surface area contributed by atoms with Gasteiger partial charge in [-0.25, -0.2) is 4.79 Å². The number of rotatable bonds is 15. The quantitative estimate of drug-likeness (QED) is 0.133. The number of phenolic OH excluding ortho intramolecular Hbond substituents is 1. The molecule has 0 radical (unpaired) electrons. The lowest BCUT2D eigenvalue weighted by molar-refractivity contribution is -0.142. The smallest absolute Gasteiger partial charge is 0.326 e. The molecule has 36 heavy (non-hydrogen) atoms. The Hall–Kier alpha value is -3.32. The number of benzene rings is 1. The summed E-state index contributed by atoms with van der Waals surface area (Å²) < 4.78 is 0. The first-order chi connectivity index (χ1) is 16.9. The Bertz CT molecular complexity index is 928. The van der Waals surface area contributed by atoms with E-state index in [1.165, 1.54) is 12.1 Å². The van der Waals surface area contributed by atoms with Crippen LogP contribution in [0.1, 0.15) is 38.7 Å². The van der Waals surface area contributed by atoms with Crippen molar-refractivity contribution in [1.29, 1.82) is 0 Å². The Kier molecular flexibility index (Phi) is 12.7. The summed E-state index contributed by atoms with van der Waals surface area (Å²) >= 11 is 3.99. The van der Waals surface area contributed by atoms with E-state index in [0.717, 1.165) is 0 Å². The van der Waals surface area contributed by atoms with Crippen LogP contribution in [0.5, 0.6) is 5.75 Å². The van der Waals surface area contributed by atoms with Gasteiger partial charge in [0.1, 0.15) is 23.9 Å². The molecule has 0 saturated heterocycles. The third-order valence-electron chi connectivity index (χ3n) is 5.63. The van der Waals surface area contributed by atoms with Crippen LogP contribution in [0.2, 0.25) is 0 Å². The average molecular weight is 526 g/mol. The van der Waals surface area contributed by atoms with E-state index in [1.807, 2.05) is 6.92 Å². The SMILES string of the molecule is CCC(C)C(NC(=O)C(N)CS)C(=O)NC(Cc1ccc(O)cc1)C(=O)NC(CCC(N)=O)C(=O)O. The van der Waals surface area contributed by atoms with Gasteiger partial charge in [0.25, 0.3) is 0 Å². The van der Waals surface area contributed by atoms with Crippen LogP contribution in [0.3, 0.4) is 0 Å². The number of hydrogen-bond acceptors (Lipinski definition) is 8. The molecule has 0 saturated carbocycles. The number of hydrogen-bond donors (Lipinski definition) is 8. The minimum Gasteiger partial charge on any atom is -0.508 e. The Labute approximate surface area is 215 Å². The maximum absolute atomic E-state index is 13.2. The van der Waals surface area contributed by atoms with Crippen molar-refractivity contribution >= 4 is 42.2 Å². The van der Waals surface area contributed by atoms with E-state index in [9.17, 15) is 34.2 Å². The summed E-state index contributed by atoms with van der Waals surface area (Å²) in [5.41, 5.74) is 11.4. The minimum absolute atomic E-state index is 0.00116. The molecule has 4 amide bonds. The van der Waals surface area contributed by atoms with Crippen LogP contribution >= 0.6 is 12.6 Å². The molecule has 0 bridgehead atoms. The first kappa shape index (κ1) is 30.7. The molecule has 9 N–H and O–H groups in total. The number of nitrogens with one attached hydrogen (secondary N) is 3. The Morgan fingerprint density at radius 2 is 1.56 bits per heavy atom. The summed E-state index contributed by atoms with van der Waals surface area (Å²) in [6.45, 7) is 3.57. The second-order valence-corrected chi connectivity index (χ2v) is 8.86. The molecule has 0 heterocycles. The highest BCUT2D eigenvalue weighted by molar-refractivity contribution is 7.80. The summed E-state index contributed by atoms with van der Waals surface area (Å²) in [7, 11) is 0. The fourth-order valence-electron chi connectivity index (χ4n) is 3.20. The van der Waals surface area contributed by atoms with Crippen molar-refractivity contribution in [3.63, 3.8) is 0 Å². The van der Waals surface area contributed by atoms with Gasteiger partial charge in [0.05, 0.1) is 6.04 Å². The van der Waals surface area contributed by atoms with Crippen LogP contribution in [0.15, 0.2) is 24.3 Å². The second-order valence-electron chi connectivity index (χ2n) is 8.50. The van der Waals surface area contributed by atoms with Crippen LogP contribution in [-0.2, 0) is 30.4 Å². The van der Waals surface area contributed by atoms with E-state index in [2.05, 4.69) is 28.6 Å². The Morgan fingerprint density at radius 1 is 0.972 bits per heavy atom. The van der Waals surface area contributed by atoms with Crippen LogP contribution in [-0.4, -0.2) is 69.7 Å². The summed E-state index contributed by atoms with van der Waals surface area (Å²) in [5, 5.41) is 26.5. The molecule has 0 aromatic heterocycles. The molecule has 0 spiro atoms. The number of carbonyl (C=O) groups excluding carboxylic acids is 4. The molecule has 13 heteroatoms. The summed E-state index contributed by atoms with van der Waals surface area (Å²) in [6.07, 6.45) is -0.0158. The number of carbonyl (C=O) groups is 5. The van der Waals surface area contributed by atoms with Gasteiger partial charge in [-0.05, 0) is 30.0 Å². The van der Waals surface area contributed by atoms with Crippen molar-refractivity contribution in [1.82, 2.24) is 16.0 Å². The Morgan fingerprint density at radius 3 is 2.06 bits per heavy atom. The second kappa shape index (κ2) is 14.9. The highest BCUT2D eigenvalue weighted by atomic mass is 32.1. The summed E-state index contributed by atoms with van der Waals surface area (Å²) in [5.74, 6) is -4.40. The van der Waals surface area contributed by atoms with Crippen LogP contribution in [0, 0.1) is 5.92 Å². The standard InChI is InChI=1S/C23H35N5O7S/c1-3-12(2)19(28-20(31)15(24)11-36)22(33)27-17(10-13-4-6-14(29)7-5-13)21(32)26-16(23(34)35)8-9-18(25)30/h4-7,12,15-17,19,29,36H,3,8-11,24H2,1-2H3,(H2,25,30)(H,26,32)(H,27,33)(H,28,31)(H,34,35). The highest BCUT2D eigenvalue weighted by Crippen LogP contribution is 2.13. The highest BCUT2D eigenvalue weighted by Gasteiger charge is 2.32. The van der Waals surface area contributed by atoms with E-state index in [4.69, 9.17) is 11.5 Å². The van der Waals surface area contributed by atoms with Crippen molar-refractivity contribution in [2.24, 2.45) is 17.4 Å². The third-order valence-corrected chi connectivity index (χ3v) is 6.02. The van der Waals surface area contributed by atoms with Crippen molar-refractivity contribution in [2.75, 3.05) is 5.75 Å². The van der Waals surface area contributed by atoms with Gasteiger partial charge in [-0.2, -0.15) is 12.6 Å². The number of thiol groups is 1. The normalized spacial score (nSPS) is 15.0. The fourth-order valence-corrected chi connectivity index (χ4v) is 3.37. The lowest BCUT2D eigenvalue weighted by Gasteiger charge is -2.28. The monoisotopic (exact) mass is 525 g/mol. The zero-order valence-corrected chi connectivity index (χ0v) is 21.2. The predicted octanol–water partition coefficient (Wildman–Crippen LogP) is -0.958. The van der Waals surface area contributed by atoms with Gasteiger partial charge in [0, 0.05) is 18.6 Å². The van der Waals surface area contributed by atoms with Gasteiger partial charge in [0.15, 0.2) is 0 Å². The lowest BCUT2D eigenvalue weighted by atomic mass is 9.96. The van der Waals surface area contributed by atoms with Crippen molar-refractivity contribution in [3.05, 3.63) is 29.8 Å². The largest absolute Gasteiger partial charge is 0.508 e. The molecule has 1 rings (SSSR count). The van der Waals surface area contributed by atoms with Gasteiger partial charge < -0.3 is 37.6 Å². The maximum Gasteiger partial charge on any atom is 0.326 e. The predicted molar refractivity (Wildman–Crippen MR) is 135 cm³/mol. The molecule has 200 valence electrons. The van der Waals surface area contributed by atoms with Crippen molar-refractivity contribution in [2.45, 2.75) is 63.7 Å². The number of primary amides is 1. The van der Waals surface area contributed by atoms with Crippen LogP contribution in [0.4, 0.5) is 0 Å². The fraction of sp³-hybridized carbons (Fsp3) is 0.522. The summed E-state index contributed by atoms with van der Waals surface area (Å²) in [4.78, 5) is 61.3. The van der Waals surface area contributed by atoms with E-state index in [1.54, 1.807) is 19.1 Å². The molecule has 1 aromatic rings. The van der Waals surface area contributed by atoms with Crippen molar-refractivity contribution in [3.8, 4) is 5.75 Å². The van der Waals surface area contributed by atoms with Crippen molar-refractivity contribution < 1.29 is 34.2 Å². The van der Waals surface area contributed by atoms with Crippen LogP contribution in [0.25, 0.3) is 0 Å². The molecule has 12 nitrogen and oxygen atoms in total. The van der Waals surface area contributed by atoms with Gasteiger partial charge in [-0.1, -0.05) is 32.4 Å². The number of carboxylic acid groups (broad SMARTS) is 1. The van der Waals surface area contributed by atoms with E-state index in [-0.39, 0.29) is 36.7 Å². The van der Waals surface area contributed by atoms with Gasteiger partial charge in [-0.15, -0.1) is 0 Å². The Balaban J connectivity index is 3.18. The number of aromatic hydroxyl groups is 1. The summed E-state index contributed by atoms with van der Waals surface area (Å²) in [6, 6.07) is 1.29. The molecule has 5 unspecified atom stereocenters. The first-order valence-corrected chi connectivity index (χ1v) is 12.1. The average Bonchev–Trinajstić information content (AvgIpc) is 2.84. The topological polar surface area (TPSA) is 214 Å². The molecular weight excluding hydrogens is 490 g/mol. The van der Waals surface area contributed by atoms with E-state index >= 15 is 0 Å². The molecule has 0 aliphatic heterocycles. The zero-order chi connectivity index (χ0) is 27.4. The molecular formula is C23H35N5O7S. The van der Waals surface area contributed by atoms with Gasteiger partial charge in [-0.3, -0.25) is 19.2 Å². The van der Waals surface area contributed by atoms with Gasteiger partial charge in [0.2, 0.25) is 23.6 Å². The molecule has 0 aliphatic carbocycles. The number of aliphatic carboxylic acids is 1. The maximum atomic E-state index is 13.2. The van der Waals surface area contributed by atoms with Crippen LogP contribution < -0.4 is 27.4 Å². The molecule has 0 fully saturated rings. The number of amides is 4. The lowest BCUT2D eigenvalue weighted by Crippen LogP contribution is -2.59. The van der Waals surface area contributed by atoms with Gasteiger partial charge >= 0.3 is 5.97 Å². The zero-order valence-electron chi connectivity index (χ0n) is 20.3. The number of carboxylic acids is 1. The molecule has 0 aliphatic rings. The third kappa shape index (κ3) is 10.1. The van der Waals surface area contributed by atoms with E-state index in [0.29, 0.717) is 12.0 Å². The molecule has 1 aromatic carbocycles.